The van der Waals surface area contributed by atoms with Gasteiger partial charge in [0.15, 0.2) is 5.65 Å². The second-order valence-electron chi connectivity index (χ2n) is 8.27. The van der Waals surface area contributed by atoms with Crippen LogP contribution in [0.3, 0.4) is 0 Å². The molecule has 0 aliphatic carbocycles. The second kappa shape index (κ2) is 8.84. The first-order chi connectivity index (χ1) is 16.1. The van der Waals surface area contributed by atoms with Gasteiger partial charge in [0, 0.05) is 43.4 Å². The summed E-state index contributed by atoms with van der Waals surface area (Å²) >= 11 is 0. The van der Waals surface area contributed by atoms with Crippen LogP contribution >= 0.6 is 0 Å². The van der Waals surface area contributed by atoms with E-state index in [1.54, 1.807) is 17.8 Å². The third-order valence-electron chi connectivity index (χ3n) is 6.27. The molecule has 4 aromatic rings. The molecule has 1 aromatic carbocycles. The van der Waals surface area contributed by atoms with Crippen LogP contribution in [0.4, 0.5) is 0 Å². The third kappa shape index (κ3) is 3.83. The molecule has 170 valence electrons. The molecule has 1 aliphatic rings. The first-order valence-corrected chi connectivity index (χ1v) is 11.0. The number of hydrogen-bond acceptors (Lipinski definition) is 7. The maximum absolute atomic E-state index is 13.1. The minimum Gasteiger partial charge on any atom is -0.381 e. The van der Waals surface area contributed by atoms with Crippen LogP contribution in [-0.2, 0) is 21.3 Å². The average molecular weight is 447 g/mol. The summed E-state index contributed by atoms with van der Waals surface area (Å²) in [5.41, 5.74) is 4.69. The normalized spacial score (nSPS) is 15.8. The van der Waals surface area contributed by atoms with Gasteiger partial charge in [-0.05, 0) is 43.5 Å². The van der Waals surface area contributed by atoms with E-state index in [2.05, 4.69) is 15.2 Å². The van der Waals surface area contributed by atoms with Crippen molar-refractivity contribution in [3.63, 3.8) is 0 Å². The van der Waals surface area contributed by atoms with Crippen molar-refractivity contribution in [3.05, 3.63) is 52.7 Å². The molecule has 1 aliphatic heterocycles. The molecule has 33 heavy (non-hydrogen) atoms. The van der Waals surface area contributed by atoms with Crippen molar-refractivity contribution in [3.8, 4) is 11.1 Å². The van der Waals surface area contributed by atoms with E-state index in [1.165, 1.54) is 0 Å². The summed E-state index contributed by atoms with van der Waals surface area (Å²) in [6.45, 7) is 3.19. The number of hydrogen-bond donors (Lipinski definition) is 0. The fourth-order valence-electron chi connectivity index (χ4n) is 4.44. The highest BCUT2D eigenvalue weighted by atomic mass is 16.5. The van der Waals surface area contributed by atoms with Gasteiger partial charge in [-0.2, -0.15) is 0 Å². The summed E-state index contributed by atoms with van der Waals surface area (Å²) in [6.07, 6.45) is 3.83. The van der Waals surface area contributed by atoms with E-state index in [-0.39, 0.29) is 24.4 Å². The highest BCUT2D eigenvalue weighted by Crippen LogP contribution is 2.31. The maximum Gasteiger partial charge on any atom is 0.330 e. The number of benzene rings is 1. The number of aldehydes is 1. The highest BCUT2D eigenvalue weighted by Gasteiger charge is 2.24. The molecule has 0 N–H and O–H groups in total. The van der Waals surface area contributed by atoms with Crippen molar-refractivity contribution in [2.45, 2.75) is 31.9 Å². The molecule has 1 fully saturated rings. The number of aryl methyl sites for hydroxylation is 1. The van der Waals surface area contributed by atoms with E-state index in [0.717, 1.165) is 52.4 Å². The Morgan fingerprint density at radius 1 is 1.18 bits per heavy atom. The van der Waals surface area contributed by atoms with E-state index in [0.29, 0.717) is 18.9 Å². The summed E-state index contributed by atoms with van der Waals surface area (Å²) < 4.78 is 14.4. The number of pyridine rings is 1. The quantitative estimate of drug-likeness (QED) is 0.419. The van der Waals surface area contributed by atoms with Crippen LogP contribution in [0.15, 0.2) is 41.3 Å². The number of ether oxygens (including phenoxy) is 2. The zero-order valence-electron chi connectivity index (χ0n) is 18.6. The van der Waals surface area contributed by atoms with Crippen LogP contribution in [0.25, 0.3) is 33.2 Å². The maximum atomic E-state index is 13.1. The van der Waals surface area contributed by atoms with Crippen LogP contribution in [0, 0.1) is 0 Å². The van der Waals surface area contributed by atoms with Crippen molar-refractivity contribution in [2.24, 2.45) is 7.05 Å². The van der Waals surface area contributed by atoms with Crippen molar-refractivity contribution in [1.82, 2.24) is 24.3 Å². The Kier molecular flexibility index (Phi) is 5.74. The van der Waals surface area contributed by atoms with Gasteiger partial charge in [0.1, 0.15) is 18.4 Å². The molecule has 0 amide bonds. The molecule has 9 heteroatoms. The van der Waals surface area contributed by atoms with Crippen molar-refractivity contribution >= 4 is 28.4 Å². The van der Waals surface area contributed by atoms with Gasteiger partial charge in [-0.25, -0.2) is 4.79 Å². The van der Waals surface area contributed by atoms with E-state index < -0.39 is 0 Å². The molecule has 5 rings (SSSR count). The van der Waals surface area contributed by atoms with Crippen LogP contribution < -0.4 is 5.69 Å². The van der Waals surface area contributed by atoms with Gasteiger partial charge in [-0.1, -0.05) is 12.1 Å². The van der Waals surface area contributed by atoms with Crippen molar-refractivity contribution in [1.29, 1.82) is 0 Å². The Hall–Kier alpha value is -3.43. The summed E-state index contributed by atoms with van der Waals surface area (Å²) in [5.74, 6) is 0. The second-order valence-corrected chi connectivity index (χ2v) is 8.27. The van der Waals surface area contributed by atoms with Gasteiger partial charge >= 0.3 is 5.69 Å². The number of fused-ring (bicyclic) bond motifs is 3. The zero-order valence-corrected chi connectivity index (χ0v) is 18.6. The molecule has 4 heterocycles. The molecule has 0 saturated carbocycles. The first kappa shape index (κ1) is 21.4. The van der Waals surface area contributed by atoms with E-state index in [1.807, 2.05) is 41.8 Å². The summed E-state index contributed by atoms with van der Waals surface area (Å²) in [4.78, 5) is 28.2. The Bertz CT molecular complexity index is 1370. The third-order valence-corrected chi connectivity index (χ3v) is 6.27. The fourth-order valence-corrected chi connectivity index (χ4v) is 4.44. The Morgan fingerprint density at radius 2 is 1.97 bits per heavy atom. The van der Waals surface area contributed by atoms with Gasteiger partial charge in [-0.15, -0.1) is 10.2 Å². The molecule has 0 spiro atoms. The topological polar surface area (TPSA) is 101 Å². The number of nitrogens with zero attached hydrogens (tertiary/aromatic N) is 5. The summed E-state index contributed by atoms with van der Waals surface area (Å²) in [6, 6.07) is 9.89. The van der Waals surface area contributed by atoms with Crippen LogP contribution in [0.5, 0.6) is 0 Å². The Balaban J connectivity index is 1.61. The van der Waals surface area contributed by atoms with Gasteiger partial charge < -0.3 is 14.3 Å². The minimum absolute atomic E-state index is 0.0399. The standard InChI is InChI=1S/C24H25N5O4/c1-15(33-12-9-30)20-5-4-17(14-25-20)16-3-6-21-19(13-16)22-23(27-26-21)28(2)24(31)29(22)18-7-10-32-11-8-18/h3-6,9,13-15,18H,7-8,10-12H2,1-2H3. The molecule has 9 nitrogen and oxygen atoms in total. The van der Waals surface area contributed by atoms with Crippen LogP contribution in [0.1, 0.15) is 37.6 Å². The predicted molar refractivity (Wildman–Crippen MR) is 123 cm³/mol. The lowest BCUT2D eigenvalue weighted by Crippen LogP contribution is -2.29. The van der Waals surface area contributed by atoms with Crippen LogP contribution in [-0.4, -0.2) is 50.4 Å². The highest BCUT2D eigenvalue weighted by molar-refractivity contribution is 6.02. The van der Waals surface area contributed by atoms with E-state index >= 15 is 0 Å². The molecular weight excluding hydrogens is 422 g/mol. The molecule has 0 bridgehead atoms. The molecule has 3 aromatic heterocycles. The summed E-state index contributed by atoms with van der Waals surface area (Å²) in [7, 11) is 1.74. The number of aromatic nitrogens is 5. The smallest absolute Gasteiger partial charge is 0.330 e. The lowest BCUT2D eigenvalue weighted by Gasteiger charge is -2.23. The average Bonchev–Trinajstić information content (AvgIpc) is 3.13. The van der Waals surface area contributed by atoms with Gasteiger partial charge in [0.05, 0.1) is 17.3 Å². The van der Waals surface area contributed by atoms with Crippen molar-refractivity contribution < 1.29 is 14.3 Å². The Labute approximate surface area is 190 Å². The molecular formula is C24H25N5O4. The van der Waals surface area contributed by atoms with Gasteiger partial charge in [0.2, 0.25) is 0 Å². The molecule has 1 atom stereocenters. The lowest BCUT2D eigenvalue weighted by atomic mass is 10.0. The van der Waals surface area contributed by atoms with E-state index in [4.69, 9.17) is 9.47 Å². The van der Waals surface area contributed by atoms with E-state index in [9.17, 15) is 9.59 Å². The van der Waals surface area contributed by atoms with Crippen LogP contribution in [0.2, 0.25) is 0 Å². The fraction of sp³-hybridized carbons (Fsp3) is 0.375. The van der Waals surface area contributed by atoms with Crippen molar-refractivity contribution in [2.75, 3.05) is 19.8 Å². The number of imidazole rings is 1. The lowest BCUT2D eigenvalue weighted by molar-refractivity contribution is -0.113. The Morgan fingerprint density at radius 3 is 2.70 bits per heavy atom. The minimum atomic E-state index is -0.269. The number of carbonyl (C=O) groups is 1. The number of carbonyl (C=O) groups excluding carboxylic acids is 1. The zero-order chi connectivity index (χ0) is 22.9. The molecule has 1 unspecified atom stereocenters. The largest absolute Gasteiger partial charge is 0.381 e. The molecule has 1 saturated heterocycles. The number of rotatable bonds is 6. The summed E-state index contributed by atoms with van der Waals surface area (Å²) in [5, 5.41) is 9.60. The first-order valence-electron chi connectivity index (χ1n) is 11.0. The monoisotopic (exact) mass is 447 g/mol. The van der Waals surface area contributed by atoms with Gasteiger partial charge in [0.25, 0.3) is 0 Å². The predicted octanol–water partition coefficient (Wildman–Crippen LogP) is 2.97. The van der Waals surface area contributed by atoms with Gasteiger partial charge in [-0.3, -0.25) is 14.1 Å². The SMILES string of the molecule is CC(OCC=O)c1ccc(-c2ccc3nnc4c(c3c2)n(C2CCOCC2)c(=O)n4C)cn1. The molecule has 0 radical (unpaired) electrons.